The molecule has 0 saturated heterocycles. The van der Waals surface area contributed by atoms with Crippen molar-refractivity contribution in [1.29, 1.82) is 0 Å². The van der Waals surface area contributed by atoms with Gasteiger partial charge in [0.15, 0.2) is 0 Å². The molecule has 0 aromatic heterocycles. The van der Waals surface area contributed by atoms with Gasteiger partial charge in [0.05, 0.1) is 12.4 Å². The Morgan fingerprint density at radius 2 is 1.72 bits per heavy atom. The van der Waals surface area contributed by atoms with Gasteiger partial charge >= 0.3 is 0 Å². The molecule has 1 amide bonds. The number of carbonyl (C=O) groups is 1. The molecule has 0 spiro atoms. The highest BCUT2D eigenvalue weighted by Gasteiger charge is 2.47. The quantitative estimate of drug-likeness (QED) is 0.158. The van der Waals surface area contributed by atoms with Gasteiger partial charge in [-0.25, -0.2) is 8.42 Å². The highest BCUT2D eigenvalue weighted by molar-refractivity contribution is 7.90. The predicted molar refractivity (Wildman–Crippen MR) is 94.9 cm³/mol. The van der Waals surface area contributed by atoms with E-state index >= 15 is 0 Å². The van der Waals surface area contributed by atoms with Gasteiger partial charge in [-0.3, -0.25) is 4.79 Å². The van der Waals surface area contributed by atoms with Crippen LogP contribution in [-0.2, 0) is 14.6 Å². The zero-order chi connectivity index (χ0) is 19.8. The summed E-state index contributed by atoms with van der Waals surface area (Å²) >= 11 is 3.73. The van der Waals surface area contributed by atoms with Crippen LogP contribution in [0.15, 0.2) is 0 Å². The third kappa shape index (κ3) is 8.20. The summed E-state index contributed by atoms with van der Waals surface area (Å²) in [6.07, 6.45) is -3.42. The molecule has 0 aliphatic carbocycles. The van der Waals surface area contributed by atoms with Crippen LogP contribution in [0.4, 0.5) is 0 Å². The Bertz CT molecular complexity index is 511. The largest absolute Gasteiger partial charge is 0.394 e. The Balaban J connectivity index is 5.16. The summed E-state index contributed by atoms with van der Waals surface area (Å²) in [5.74, 6) is -1.17. The fourth-order valence-corrected chi connectivity index (χ4v) is 3.04. The summed E-state index contributed by atoms with van der Waals surface area (Å²) in [5.41, 5.74) is 0. The summed E-state index contributed by atoms with van der Waals surface area (Å²) in [6.45, 7) is 1.21. The van der Waals surface area contributed by atoms with Crippen LogP contribution in [0.2, 0.25) is 0 Å². The van der Waals surface area contributed by atoms with E-state index in [9.17, 15) is 33.6 Å². The molecule has 0 bridgehead atoms. The Hall–Kier alpha value is -0.430. The molecule has 25 heavy (non-hydrogen) atoms. The Labute approximate surface area is 153 Å². The number of sulfone groups is 1. The van der Waals surface area contributed by atoms with Gasteiger partial charge in [0.25, 0.3) is 5.91 Å². The third-order valence-corrected chi connectivity index (χ3v) is 5.13. The molecule has 0 radical (unpaired) electrons. The van der Waals surface area contributed by atoms with E-state index in [0.29, 0.717) is 6.42 Å². The highest BCUT2D eigenvalue weighted by Crippen LogP contribution is 2.24. The summed E-state index contributed by atoms with van der Waals surface area (Å²) in [6, 6.07) is 0. The van der Waals surface area contributed by atoms with Crippen molar-refractivity contribution >= 4 is 28.4 Å². The second-order valence-corrected chi connectivity index (χ2v) is 8.98. The van der Waals surface area contributed by atoms with Crippen LogP contribution < -0.4 is 0 Å². The number of aliphatic hydroxyl groups is 5. The smallest absolute Gasteiger partial charge is 0.267 e. The molecule has 0 heterocycles. The number of nitrogens with zero attached hydrogens (tertiary/aromatic N) is 1. The molecule has 9 nitrogen and oxygen atoms in total. The molecule has 4 unspecified atom stereocenters. The van der Waals surface area contributed by atoms with E-state index in [1.807, 2.05) is 6.92 Å². The van der Waals surface area contributed by atoms with Crippen molar-refractivity contribution in [2.75, 3.05) is 31.7 Å². The van der Waals surface area contributed by atoms with Crippen molar-refractivity contribution < 1.29 is 38.7 Å². The normalized spacial score (nSPS) is 18.2. The summed E-state index contributed by atoms with van der Waals surface area (Å²) in [5, 5.41) is 48.0. The minimum absolute atomic E-state index is 0.0140. The summed E-state index contributed by atoms with van der Waals surface area (Å²) in [7, 11) is -3.22. The van der Waals surface area contributed by atoms with Crippen LogP contribution in [0, 0.1) is 0 Å². The first-order valence-electron chi connectivity index (χ1n) is 7.95. The lowest BCUT2D eigenvalue weighted by molar-refractivity contribution is -0.164. The number of aliphatic hydroxyl groups excluding tert-OH is 4. The Kier molecular flexibility index (Phi) is 10.5. The van der Waals surface area contributed by atoms with Crippen molar-refractivity contribution in [3.63, 3.8) is 0 Å². The summed E-state index contributed by atoms with van der Waals surface area (Å²) < 4.78 is 22.4. The van der Waals surface area contributed by atoms with Gasteiger partial charge in [0.1, 0.15) is 28.1 Å². The van der Waals surface area contributed by atoms with Crippen LogP contribution in [0.3, 0.4) is 0 Å². The van der Waals surface area contributed by atoms with E-state index in [2.05, 4.69) is 12.6 Å². The van der Waals surface area contributed by atoms with Crippen LogP contribution in [0.25, 0.3) is 0 Å². The molecule has 0 saturated carbocycles. The second-order valence-electron chi connectivity index (χ2n) is 6.04. The molecule has 150 valence electrons. The molecule has 0 rings (SSSR count). The van der Waals surface area contributed by atoms with Crippen molar-refractivity contribution in [3.8, 4) is 0 Å². The molecule has 4 atom stereocenters. The number of hydrogen-bond donors (Lipinski definition) is 6. The van der Waals surface area contributed by atoms with E-state index in [1.165, 1.54) is 0 Å². The van der Waals surface area contributed by atoms with E-state index in [0.717, 1.165) is 17.6 Å². The minimum Gasteiger partial charge on any atom is -0.394 e. The van der Waals surface area contributed by atoms with Crippen LogP contribution in [-0.4, -0.2) is 99.7 Å². The van der Waals surface area contributed by atoms with Crippen molar-refractivity contribution in [2.45, 2.75) is 49.4 Å². The topological polar surface area (TPSA) is 156 Å². The molecule has 0 aromatic rings. The number of thiol groups is 1. The average Bonchev–Trinajstić information content (AvgIpc) is 2.53. The Morgan fingerprint density at radius 3 is 2.16 bits per heavy atom. The number of amides is 1. The lowest BCUT2D eigenvalue weighted by Crippen LogP contribution is -2.59. The first-order chi connectivity index (χ1) is 11.4. The van der Waals surface area contributed by atoms with Crippen molar-refractivity contribution in [2.24, 2.45) is 0 Å². The lowest BCUT2D eigenvalue weighted by Gasteiger charge is -2.35. The average molecular weight is 404 g/mol. The van der Waals surface area contributed by atoms with Gasteiger partial charge in [0.2, 0.25) is 4.93 Å². The number of rotatable bonds is 12. The standard InChI is InChI=1S/C14H29NO8S2/c1-3-4-6-15(7-5-8-25(2,22)23)13(20)14(21,24)12(19)11(18)10(17)9-16/h10-12,16-19,21,24H,3-9H2,1-2H3. The molecule has 0 fully saturated rings. The van der Waals surface area contributed by atoms with Gasteiger partial charge in [-0.1, -0.05) is 13.3 Å². The second kappa shape index (κ2) is 10.7. The zero-order valence-corrected chi connectivity index (χ0v) is 16.2. The van der Waals surface area contributed by atoms with E-state index in [-0.39, 0.29) is 25.3 Å². The van der Waals surface area contributed by atoms with Gasteiger partial charge in [-0.05, 0) is 12.8 Å². The van der Waals surface area contributed by atoms with Crippen LogP contribution >= 0.6 is 12.6 Å². The molecule has 11 heteroatoms. The maximum absolute atomic E-state index is 12.5. The maximum Gasteiger partial charge on any atom is 0.267 e. The Morgan fingerprint density at radius 1 is 1.20 bits per heavy atom. The van der Waals surface area contributed by atoms with Gasteiger partial charge in [-0.2, -0.15) is 0 Å². The first kappa shape index (κ1) is 24.6. The highest BCUT2D eigenvalue weighted by atomic mass is 32.2. The van der Waals surface area contributed by atoms with Crippen molar-refractivity contribution in [1.82, 2.24) is 4.90 Å². The number of hydrogen-bond acceptors (Lipinski definition) is 9. The van der Waals surface area contributed by atoms with Crippen molar-refractivity contribution in [3.05, 3.63) is 0 Å². The number of unbranched alkanes of at least 4 members (excludes halogenated alkanes) is 1. The van der Waals surface area contributed by atoms with E-state index in [4.69, 9.17) is 5.11 Å². The SMILES string of the molecule is CCCCN(CCCS(C)(=O)=O)C(=O)C(O)(S)C(O)C(O)C(O)CO. The fraction of sp³-hybridized carbons (Fsp3) is 0.929. The first-order valence-corrected chi connectivity index (χ1v) is 10.5. The molecule has 0 aliphatic heterocycles. The third-order valence-electron chi connectivity index (χ3n) is 3.64. The van der Waals surface area contributed by atoms with Gasteiger partial charge in [0, 0.05) is 19.3 Å². The molecular weight excluding hydrogens is 374 g/mol. The number of carbonyl (C=O) groups excluding carboxylic acids is 1. The minimum atomic E-state index is -3.22. The molecule has 0 aliphatic rings. The molecule has 5 N–H and O–H groups in total. The van der Waals surface area contributed by atoms with E-state index < -0.39 is 45.6 Å². The maximum atomic E-state index is 12.5. The predicted octanol–water partition coefficient (Wildman–Crippen LogP) is -2.26. The van der Waals surface area contributed by atoms with Gasteiger partial charge < -0.3 is 30.4 Å². The fourth-order valence-electron chi connectivity index (χ4n) is 2.10. The monoisotopic (exact) mass is 403 g/mol. The lowest BCUT2D eigenvalue weighted by atomic mass is 10.0. The molecular formula is C14H29NO8S2. The zero-order valence-electron chi connectivity index (χ0n) is 14.4. The molecule has 0 aromatic carbocycles. The summed E-state index contributed by atoms with van der Waals surface area (Å²) in [4.78, 5) is 11.0. The van der Waals surface area contributed by atoms with Crippen LogP contribution in [0.1, 0.15) is 26.2 Å². The van der Waals surface area contributed by atoms with Gasteiger partial charge in [-0.15, -0.1) is 12.6 Å². The van der Waals surface area contributed by atoms with E-state index in [1.54, 1.807) is 0 Å². The van der Waals surface area contributed by atoms with Crippen LogP contribution in [0.5, 0.6) is 0 Å².